The molecule has 1 amide bonds. The fourth-order valence-electron chi connectivity index (χ4n) is 4.67. The highest BCUT2D eigenvalue weighted by Crippen LogP contribution is 2.69. The number of rotatable bonds is 1. The standard InChI is InChI=1S/C13H19NO3S/c1-4-11(15)14-10-7-9-5-6-13(10,12(9,2)3)8-18(14,16)17/h4,9-10H,1,5-8H2,2-3H3/t9-,10+,13-/m1/s1. The van der Waals surface area contributed by atoms with Gasteiger partial charge in [0, 0.05) is 5.41 Å². The average molecular weight is 269 g/mol. The molecule has 1 aliphatic heterocycles. The van der Waals surface area contributed by atoms with Crippen molar-refractivity contribution in [1.29, 1.82) is 0 Å². The van der Waals surface area contributed by atoms with Crippen LogP contribution in [0.1, 0.15) is 33.1 Å². The normalized spacial score (nSPS) is 42.9. The summed E-state index contributed by atoms with van der Waals surface area (Å²) in [6, 6.07) is -0.137. The van der Waals surface area contributed by atoms with Crippen molar-refractivity contribution < 1.29 is 13.2 Å². The minimum Gasteiger partial charge on any atom is -0.269 e. The summed E-state index contributed by atoms with van der Waals surface area (Å²) in [6.07, 6.45) is 3.96. The molecule has 0 radical (unpaired) electrons. The lowest BCUT2D eigenvalue weighted by Crippen LogP contribution is -2.43. The van der Waals surface area contributed by atoms with Crippen LogP contribution in [0.15, 0.2) is 12.7 Å². The van der Waals surface area contributed by atoms with Gasteiger partial charge in [0.25, 0.3) is 5.91 Å². The van der Waals surface area contributed by atoms with Crippen LogP contribution >= 0.6 is 0 Å². The summed E-state index contributed by atoms with van der Waals surface area (Å²) >= 11 is 0. The van der Waals surface area contributed by atoms with E-state index in [0.717, 1.165) is 29.6 Å². The number of nitrogens with zero attached hydrogens (tertiary/aromatic N) is 1. The molecule has 0 N–H and O–H groups in total. The van der Waals surface area contributed by atoms with Crippen molar-refractivity contribution in [1.82, 2.24) is 4.31 Å². The van der Waals surface area contributed by atoms with E-state index in [4.69, 9.17) is 0 Å². The monoisotopic (exact) mass is 269 g/mol. The molecule has 100 valence electrons. The number of carbonyl (C=O) groups is 1. The second-order valence-electron chi connectivity index (χ2n) is 6.46. The topological polar surface area (TPSA) is 54.5 Å². The van der Waals surface area contributed by atoms with E-state index in [-0.39, 0.29) is 22.6 Å². The summed E-state index contributed by atoms with van der Waals surface area (Å²) in [5, 5.41) is 0. The first-order chi connectivity index (χ1) is 8.26. The summed E-state index contributed by atoms with van der Waals surface area (Å²) in [7, 11) is -3.46. The number of hydrogen-bond acceptors (Lipinski definition) is 3. The van der Waals surface area contributed by atoms with E-state index in [1.54, 1.807) is 0 Å². The van der Waals surface area contributed by atoms with E-state index in [2.05, 4.69) is 20.4 Å². The molecule has 2 bridgehead atoms. The minimum atomic E-state index is -3.46. The predicted molar refractivity (Wildman–Crippen MR) is 68.2 cm³/mol. The Morgan fingerprint density at radius 3 is 2.67 bits per heavy atom. The van der Waals surface area contributed by atoms with Crippen molar-refractivity contribution in [3.05, 3.63) is 12.7 Å². The number of hydrogen-bond donors (Lipinski definition) is 0. The van der Waals surface area contributed by atoms with Gasteiger partial charge >= 0.3 is 0 Å². The van der Waals surface area contributed by atoms with E-state index >= 15 is 0 Å². The van der Waals surface area contributed by atoms with E-state index in [1.165, 1.54) is 0 Å². The Bertz CT molecular complexity index is 536. The maximum Gasteiger partial charge on any atom is 0.259 e. The number of amides is 1. The lowest BCUT2D eigenvalue weighted by Gasteiger charge is -2.36. The lowest BCUT2D eigenvalue weighted by molar-refractivity contribution is -0.124. The average Bonchev–Trinajstić information content (AvgIpc) is 2.74. The zero-order valence-electron chi connectivity index (χ0n) is 10.8. The Balaban J connectivity index is 2.14. The molecular weight excluding hydrogens is 250 g/mol. The molecule has 0 aromatic rings. The van der Waals surface area contributed by atoms with Crippen molar-refractivity contribution in [3.63, 3.8) is 0 Å². The van der Waals surface area contributed by atoms with Gasteiger partial charge in [-0.15, -0.1) is 0 Å². The Morgan fingerprint density at radius 1 is 1.44 bits per heavy atom. The third kappa shape index (κ3) is 1.12. The Labute approximate surface area is 108 Å². The summed E-state index contributed by atoms with van der Waals surface area (Å²) in [5.41, 5.74) is -0.212. The summed E-state index contributed by atoms with van der Waals surface area (Å²) < 4.78 is 25.7. The van der Waals surface area contributed by atoms with Gasteiger partial charge in [-0.05, 0) is 36.7 Å². The summed E-state index contributed by atoms with van der Waals surface area (Å²) in [5.74, 6) is 0.214. The molecule has 0 unspecified atom stereocenters. The lowest BCUT2D eigenvalue weighted by atomic mass is 9.69. The van der Waals surface area contributed by atoms with Crippen molar-refractivity contribution in [3.8, 4) is 0 Å². The third-order valence-electron chi connectivity index (χ3n) is 5.80. The molecule has 0 aromatic heterocycles. The fraction of sp³-hybridized carbons (Fsp3) is 0.769. The van der Waals surface area contributed by atoms with Crippen molar-refractivity contribution in [2.24, 2.45) is 16.7 Å². The van der Waals surface area contributed by atoms with Crippen LogP contribution in [0.5, 0.6) is 0 Å². The van der Waals surface area contributed by atoms with Crippen molar-refractivity contribution in [2.75, 3.05) is 5.75 Å². The molecule has 2 aliphatic carbocycles. The molecule has 4 nitrogen and oxygen atoms in total. The largest absolute Gasteiger partial charge is 0.269 e. The first-order valence-corrected chi connectivity index (χ1v) is 8.06. The maximum absolute atomic E-state index is 12.3. The van der Waals surface area contributed by atoms with Crippen LogP contribution in [0.25, 0.3) is 0 Å². The highest BCUT2D eigenvalue weighted by molar-refractivity contribution is 7.90. The number of carbonyl (C=O) groups excluding carboxylic acids is 1. The van der Waals surface area contributed by atoms with E-state index in [9.17, 15) is 13.2 Å². The van der Waals surface area contributed by atoms with Gasteiger partial charge in [-0.1, -0.05) is 20.4 Å². The van der Waals surface area contributed by atoms with Crippen molar-refractivity contribution in [2.45, 2.75) is 39.2 Å². The minimum absolute atomic E-state index is 0.0148. The molecule has 3 atom stereocenters. The molecule has 3 aliphatic rings. The van der Waals surface area contributed by atoms with Crippen LogP contribution in [0.4, 0.5) is 0 Å². The Morgan fingerprint density at radius 2 is 2.11 bits per heavy atom. The van der Waals surface area contributed by atoms with E-state index in [1.807, 2.05) is 0 Å². The second kappa shape index (κ2) is 3.18. The molecule has 3 fully saturated rings. The van der Waals surface area contributed by atoms with Crippen LogP contribution in [-0.2, 0) is 14.8 Å². The molecule has 1 saturated heterocycles. The SMILES string of the molecule is C=CC(=O)N1[C@H]2C[C@H]3CC[C@]2(CS1(=O)=O)C3(C)C. The molecule has 0 aromatic carbocycles. The van der Waals surface area contributed by atoms with Gasteiger partial charge in [0.05, 0.1) is 11.8 Å². The van der Waals surface area contributed by atoms with Gasteiger partial charge in [-0.3, -0.25) is 4.79 Å². The van der Waals surface area contributed by atoms with Gasteiger partial charge < -0.3 is 0 Å². The van der Waals surface area contributed by atoms with Crippen LogP contribution in [0.3, 0.4) is 0 Å². The molecule has 18 heavy (non-hydrogen) atoms. The highest BCUT2D eigenvalue weighted by Gasteiger charge is 2.72. The zero-order chi connectivity index (χ0) is 13.3. The van der Waals surface area contributed by atoms with Gasteiger partial charge in [0.1, 0.15) is 0 Å². The van der Waals surface area contributed by atoms with Gasteiger partial charge in [0.2, 0.25) is 10.0 Å². The number of fused-ring (bicyclic) bond motifs is 1. The van der Waals surface area contributed by atoms with E-state index in [0.29, 0.717) is 5.92 Å². The van der Waals surface area contributed by atoms with Crippen molar-refractivity contribution >= 4 is 15.9 Å². The number of sulfonamides is 1. The summed E-state index contributed by atoms with van der Waals surface area (Å²) in [6.45, 7) is 7.76. The fourth-order valence-corrected chi connectivity index (χ4v) is 7.19. The first-order valence-electron chi connectivity index (χ1n) is 6.45. The molecular formula is C13H19NO3S. The molecule has 5 heteroatoms. The Hall–Kier alpha value is -0.840. The maximum atomic E-state index is 12.3. The van der Waals surface area contributed by atoms with Gasteiger partial charge in [0.15, 0.2) is 0 Å². The molecule has 3 rings (SSSR count). The Kier molecular flexibility index (Phi) is 2.16. The predicted octanol–water partition coefficient (Wildman–Crippen LogP) is 1.54. The van der Waals surface area contributed by atoms with Crippen LogP contribution in [0, 0.1) is 16.7 Å². The van der Waals surface area contributed by atoms with Crippen LogP contribution in [0.2, 0.25) is 0 Å². The second-order valence-corrected chi connectivity index (χ2v) is 8.31. The summed E-state index contributed by atoms with van der Waals surface area (Å²) in [4.78, 5) is 11.9. The quantitative estimate of drug-likeness (QED) is 0.678. The smallest absolute Gasteiger partial charge is 0.259 e. The molecule has 1 spiro atoms. The van der Waals surface area contributed by atoms with Crippen LogP contribution in [-0.4, -0.2) is 30.4 Å². The third-order valence-corrected chi connectivity index (χ3v) is 7.72. The zero-order valence-corrected chi connectivity index (χ0v) is 11.7. The first kappa shape index (κ1) is 12.2. The molecule has 2 saturated carbocycles. The van der Waals surface area contributed by atoms with E-state index < -0.39 is 15.9 Å². The van der Waals surface area contributed by atoms with Crippen LogP contribution < -0.4 is 0 Å². The highest BCUT2D eigenvalue weighted by atomic mass is 32.2. The van der Waals surface area contributed by atoms with Gasteiger partial charge in [-0.25, -0.2) is 12.7 Å². The van der Waals surface area contributed by atoms with Gasteiger partial charge in [-0.2, -0.15) is 0 Å². The molecule has 1 heterocycles.